The van der Waals surface area contributed by atoms with Crippen LogP contribution in [0.15, 0.2) is 47.1 Å². The Labute approximate surface area is 230 Å². The molecule has 0 bridgehead atoms. The topological polar surface area (TPSA) is 92.4 Å². The number of carbonyl (C=O) groups is 2. The zero-order chi connectivity index (χ0) is 28.3. The van der Waals surface area contributed by atoms with E-state index < -0.39 is 17.3 Å². The molecule has 1 fully saturated rings. The fourth-order valence-electron chi connectivity index (χ4n) is 4.75. The van der Waals surface area contributed by atoms with Gasteiger partial charge in [-0.25, -0.2) is 14.4 Å². The molecule has 0 atom stereocenters. The molecule has 5 rings (SSSR count). The van der Waals surface area contributed by atoms with Gasteiger partial charge in [0.25, 0.3) is 11.8 Å². The third kappa shape index (κ3) is 4.76. The highest BCUT2D eigenvalue weighted by Gasteiger charge is 2.46. The van der Waals surface area contributed by atoms with Gasteiger partial charge in [-0.2, -0.15) is 0 Å². The Morgan fingerprint density at radius 1 is 1.10 bits per heavy atom. The highest BCUT2D eigenvalue weighted by atomic mass is 35.5. The smallest absolute Gasteiger partial charge is 0.290 e. The van der Waals surface area contributed by atoms with Crippen molar-refractivity contribution in [2.75, 3.05) is 18.0 Å². The van der Waals surface area contributed by atoms with E-state index in [1.54, 1.807) is 43.3 Å². The van der Waals surface area contributed by atoms with Crippen LogP contribution in [0.5, 0.6) is 0 Å². The summed E-state index contributed by atoms with van der Waals surface area (Å²) in [7, 11) is 0. The van der Waals surface area contributed by atoms with Gasteiger partial charge < -0.3 is 9.32 Å². The van der Waals surface area contributed by atoms with E-state index >= 15 is 0 Å². The van der Waals surface area contributed by atoms with Crippen LogP contribution >= 0.6 is 11.6 Å². The lowest BCUT2D eigenvalue weighted by Gasteiger charge is -2.44. The van der Waals surface area contributed by atoms with Crippen molar-refractivity contribution in [2.24, 2.45) is 0 Å². The number of hydrogen-bond donors (Lipinski definition) is 0. The summed E-state index contributed by atoms with van der Waals surface area (Å²) in [6.45, 7) is 11.8. The molecule has 3 aromatic heterocycles. The van der Waals surface area contributed by atoms with Crippen LogP contribution < -0.4 is 4.90 Å². The Balaban J connectivity index is 1.52. The van der Waals surface area contributed by atoms with Crippen molar-refractivity contribution in [2.45, 2.75) is 52.5 Å². The third-order valence-corrected chi connectivity index (χ3v) is 7.30. The Morgan fingerprint density at radius 2 is 1.85 bits per heavy atom. The minimum absolute atomic E-state index is 0.0266. The quantitative estimate of drug-likeness (QED) is 0.313. The zero-order valence-corrected chi connectivity index (χ0v) is 23.4. The standard InChI is InChI=1S/C29H29ClFN5O3/c1-16-14-33-24(15-32-16)35-9-10-36(29(5,6)27(35)38)26(37)23-13-22-25(39-23)18(28(2,3)4)12-21(34-22)17-7-8-19(30)20(31)11-17/h7-8,11-15H,9-10H2,1-6H3. The van der Waals surface area contributed by atoms with Gasteiger partial charge in [0.15, 0.2) is 17.2 Å². The van der Waals surface area contributed by atoms with Crippen LogP contribution in [-0.4, -0.2) is 50.3 Å². The van der Waals surface area contributed by atoms with Gasteiger partial charge in [-0.1, -0.05) is 38.4 Å². The van der Waals surface area contributed by atoms with Crippen molar-refractivity contribution in [1.82, 2.24) is 19.9 Å². The number of aryl methyl sites for hydroxylation is 1. The summed E-state index contributed by atoms with van der Waals surface area (Å²) < 4.78 is 20.4. The number of aromatic nitrogens is 3. The summed E-state index contributed by atoms with van der Waals surface area (Å²) >= 11 is 5.88. The summed E-state index contributed by atoms with van der Waals surface area (Å²) in [4.78, 5) is 43.5. The van der Waals surface area contributed by atoms with Gasteiger partial charge in [0, 0.05) is 30.3 Å². The molecule has 2 amide bonds. The zero-order valence-electron chi connectivity index (χ0n) is 22.7. The number of carbonyl (C=O) groups excluding carboxylic acids is 2. The molecule has 39 heavy (non-hydrogen) atoms. The van der Waals surface area contributed by atoms with Crippen molar-refractivity contribution >= 4 is 40.3 Å². The van der Waals surface area contributed by atoms with Crippen molar-refractivity contribution in [1.29, 1.82) is 0 Å². The molecule has 1 aliphatic rings. The van der Waals surface area contributed by atoms with Gasteiger partial charge >= 0.3 is 0 Å². The minimum atomic E-state index is -1.16. The molecule has 0 saturated carbocycles. The highest BCUT2D eigenvalue weighted by molar-refractivity contribution is 6.30. The molecular formula is C29H29ClFN5O3. The van der Waals surface area contributed by atoms with E-state index in [2.05, 4.69) is 15.0 Å². The first kappa shape index (κ1) is 26.7. The Kier molecular flexibility index (Phi) is 6.45. The van der Waals surface area contributed by atoms with Gasteiger partial charge in [-0.05, 0) is 44.4 Å². The fourth-order valence-corrected chi connectivity index (χ4v) is 4.86. The monoisotopic (exact) mass is 549 g/mol. The van der Waals surface area contributed by atoms with Crippen LogP contribution in [0.3, 0.4) is 0 Å². The van der Waals surface area contributed by atoms with E-state index in [4.69, 9.17) is 16.0 Å². The number of piperazine rings is 1. The second-order valence-corrected chi connectivity index (χ2v) is 11.7. The maximum absolute atomic E-state index is 14.2. The number of furan rings is 1. The van der Waals surface area contributed by atoms with Crippen molar-refractivity contribution in [3.05, 3.63) is 70.6 Å². The lowest BCUT2D eigenvalue weighted by molar-refractivity contribution is -0.129. The number of benzene rings is 1. The first-order valence-corrected chi connectivity index (χ1v) is 13.0. The van der Waals surface area contributed by atoms with E-state index in [1.165, 1.54) is 17.0 Å². The van der Waals surface area contributed by atoms with Crippen LogP contribution in [0.2, 0.25) is 5.02 Å². The van der Waals surface area contributed by atoms with Gasteiger partial charge in [-0.3, -0.25) is 19.5 Å². The summed E-state index contributed by atoms with van der Waals surface area (Å²) in [6.07, 6.45) is 3.16. The highest BCUT2D eigenvalue weighted by Crippen LogP contribution is 2.36. The average Bonchev–Trinajstić information content (AvgIpc) is 3.30. The summed E-state index contributed by atoms with van der Waals surface area (Å²) in [6, 6.07) is 7.95. The molecule has 1 aromatic carbocycles. The van der Waals surface area contributed by atoms with E-state index in [0.717, 1.165) is 11.3 Å². The van der Waals surface area contributed by atoms with E-state index in [0.29, 0.717) is 28.2 Å². The van der Waals surface area contributed by atoms with E-state index in [1.807, 2.05) is 33.8 Å². The second kappa shape index (κ2) is 9.41. The summed E-state index contributed by atoms with van der Waals surface area (Å²) in [5, 5.41) is 0.0266. The molecule has 4 heterocycles. The Morgan fingerprint density at radius 3 is 2.49 bits per heavy atom. The average molecular weight is 550 g/mol. The lowest BCUT2D eigenvalue weighted by Crippen LogP contribution is -2.64. The predicted molar refractivity (Wildman–Crippen MR) is 147 cm³/mol. The van der Waals surface area contributed by atoms with Crippen molar-refractivity contribution in [3.8, 4) is 11.3 Å². The molecule has 0 radical (unpaired) electrons. The molecule has 4 aromatic rings. The van der Waals surface area contributed by atoms with Gasteiger partial charge in [-0.15, -0.1) is 0 Å². The molecule has 1 aliphatic heterocycles. The largest absolute Gasteiger partial charge is 0.449 e. The molecule has 0 unspecified atom stereocenters. The van der Waals surface area contributed by atoms with Crippen LogP contribution in [0.25, 0.3) is 22.4 Å². The maximum atomic E-state index is 14.2. The van der Waals surface area contributed by atoms with E-state index in [9.17, 15) is 14.0 Å². The summed E-state index contributed by atoms with van der Waals surface area (Å²) in [5.74, 6) is -0.706. The van der Waals surface area contributed by atoms with E-state index in [-0.39, 0.29) is 35.2 Å². The molecule has 202 valence electrons. The summed E-state index contributed by atoms with van der Waals surface area (Å²) in [5.41, 5.74) is 2.07. The second-order valence-electron chi connectivity index (χ2n) is 11.2. The molecule has 0 N–H and O–H groups in total. The van der Waals surface area contributed by atoms with Crippen LogP contribution in [-0.2, 0) is 10.2 Å². The number of anilines is 1. The number of hydrogen-bond acceptors (Lipinski definition) is 6. The molecule has 8 nitrogen and oxygen atoms in total. The van der Waals surface area contributed by atoms with Crippen molar-refractivity contribution < 1.29 is 18.4 Å². The predicted octanol–water partition coefficient (Wildman–Crippen LogP) is 5.95. The maximum Gasteiger partial charge on any atom is 0.290 e. The lowest BCUT2D eigenvalue weighted by atomic mass is 9.86. The number of rotatable bonds is 3. The number of fused-ring (bicyclic) bond motifs is 1. The fraction of sp³-hybridized carbons (Fsp3) is 0.345. The van der Waals surface area contributed by atoms with Gasteiger partial charge in [0.05, 0.1) is 28.8 Å². The molecule has 10 heteroatoms. The Hall–Kier alpha value is -3.85. The van der Waals surface area contributed by atoms with Crippen LogP contribution in [0.1, 0.15) is 56.4 Å². The van der Waals surface area contributed by atoms with Crippen molar-refractivity contribution in [3.63, 3.8) is 0 Å². The SMILES string of the molecule is Cc1cnc(N2CCN(C(=O)c3cc4nc(-c5ccc(Cl)c(F)c5)cc(C(C)(C)C)c4o3)C(C)(C)C2=O)cn1. The normalized spacial score (nSPS) is 15.7. The first-order valence-electron chi connectivity index (χ1n) is 12.6. The number of pyridine rings is 1. The number of amides is 2. The number of halogens is 2. The first-order chi connectivity index (χ1) is 18.3. The third-order valence-electron chi connectivity index (χ3n) is 6.99. The molecular weight excluding hydrogens is 521 g/mol. The molecule has 0 aliphatic carbocycles. The molecule has 0 spiro atoms. The van der Waals surface area contributed by atoms with Gasteiger partial charge in [0.1, 0.15) is 16.9 Å². The molecule has 1 saturated heterocycles. The Bertz CT molecular complexity index is 1610. The van der Waals surface area contributed by atoms with Gasteiger partial charge in [0.2, 0.25) is 0 Å². The van der Waals surface area contributed by atoms with Crippen LogP contribution in [0, 0.1) is 12.7 Å². The number of nitrogens with zero attached hydrogens (tertiary/aromatic N) is 5. The van der Waals surface area contributed by atoms with Crippen LogP contribution in [0.4, 0.5) is 10.2 Å². The minimum Gasteiger partial charge on any atom is -0.449 e.